The van der Waals surface area contributed by atoms with Crippen LogP contribution in [0.5, 0.6) is 5.75 Å². The molecule has 0 unspecified atom stereocenters. The van der Waals surface area contributed by atoms with Crippen molar-refractivity contribution in [1.29, 1.82) is 0 Å². The number of hydrogen-bond acceptors (Lipinski definition) is 6. The lowest BCUT2D eigenvalue weighted by atomic mass is 9.97. The molecule has 0 spiro atoms. The van der Waals surface area contributed by atoms with Crippen molar-refractivity contribution in [2.24, 2.45) is 5.41 Å². The van der Waals surface area contributed by atoms with Crippen molar-refractivity contribution in [3.8, 4) is 5.75 Å². The smallest absolute Gasteiger partial charge is 0.426 e. The summed E-state index contributed by atoms with van der Waals surface area (Å²) in [5.74, 6) is 0.330. The van der Waals surface area contributed by atoms with Crippen molar-refractivity contribution >= 4 is 14.2 Å². The van der Waals surface area contributed by atoms with E-state index in [2.05, 4.69) is 9.05 Å². The highest BCUT2D eigenvalue weighted by molar-refractivity contribution is 7.33. The molecule has 136 valence electrons. The lowest BCUT2D eigenvalue weighted by molar-refractivity contribution is -0.143. The van der Waals surface area contributed by atoms with Gasteiger partial charge in [0.05, 0.1) is 12.0 Å². The second kappa shape index (κ2) is 12.1. The van der Waals surface area contributed by atoms with Gasteiger partial charge in [-0.2, -0.15) is 0 Å². The van der Waals surface area contributed by atoms with Crippen LogP contribution in [0, 0.1) is 5.41 Å². The van der Waals surface area contributed by atoms with Crippen LogP contribution in [-0.4, -0.2) is 26.3 Å². The van der Waals surface area contributed by atoms with Crippen molar-refractivity contribution in [1.82, 2.24) is 0 Å². The summed E-state index contributed by atoms with van der Waals surface area (Å²) in [5.41, 5.74) is 0.499. The van der Waals surface area contributed by atoms with E-state index in [4.69, 9.17) is 9.47 Å². The number of hydrogen-bond donors (Lipinski definition) is 0. The molecule has 1 aromatic rings. The lowest BCUT2D eigenvalue weighted by Crippen LogP contribution is -2.25. The third-order valence-corrected chi connectivity index (χ3v) is 3.44. The van der Waals surface area contributed by atoms with E-state index >= 15 is 0 Å². The summed E-state index contributed by atoms with van der Waals surface area (Å²) in [5, 5.41) is 0. The topological polar surface area (TPSA) is 71.1 Å². The molecule has 0 saturated heterocycles. The van der Waals surface area contributed by atoms with Crippen molar-refractivity contribution in [3.05, 3.63) is 29.8 Å². The van der Waals surface area contributed by atoms with Crippen LogP contribution in [0.2, 0.25) is 0 Å². The molecule has 24 heavy (non-hydrogen) atoms. The van der Waals surface area contributed by atoms with Crippen molar-refractivity contribution in [2.75, 3.05) is 20.3 Å². The normalized spacial score (nSPS) is 10.6. The second-order valence-corrected chi connectivity index (χ2v) is 6.74. The summed E-state index contributed by atoms with van der Waals surface area (Å²) in [4.78, 5) is 11.6. The summed E-state index contributed by atoms with van der Waals surface area (Å²) in [6, 6.07) is 7.35. The second-order valence-electron chi connectivity index (χ2n) is 5.78. The number of esters is 1. The van der Waals surface area contributed by atoms with E-state index in [9.17, 15) is 9.36 Å². The van der Waals surface area contributed by atoms with E-state index in [0.717, 1.165) is 5.56 Å². The van der Waals surface area contributed by atoms with Gasteiger partial charge in [0.25, 0.3) is 0 Å². The van der Waals surface area contributed by atoms with Crippen molar-refractivity contribution < 1.29 is 27.9 Å². The molecule has 0 aromatic heterocycles. The maximum Gasteiger partial charge on any atom is 0.697 e. The Kier molecular flexibility index (Phi) is 11.4. The molecular formula is C17H28O6P+. The van der Waals surface area contributed by atoms with E-state index in [1.54, 1.807) is 27.0 Å². The zero-order chi connectivity index (χ0) is 18.6. The molecule has 0 aliphatic heterocycles. The summed E-state index contributed by atoms with van der Waals surface area (Å²) < 4.78 is 29.8. The van der Waals surface area contributed by atoms with E-state index in [1.807, 2.05) is 39.0 Å². The van der Waals surface area contributed by atoms with Crippen LogP contribution < -0.4 is 4.74 Å². The average molecular weight is 359 g/mol. The molecule has 1 aromatic carbocycles. The van der Waals surface area contributed by atoms with Gasteiger partial charge in [-0.1, -0.05) is 12.1 Å². The Hall–Kier alpha value is -1.33. The van der Waals surface area contributed by atoms with E-state index in [-0.39, 0.29) is 5.97 Å². The number of ether oxygens (including phenoxy) is 2. The summed E-state index contributed by atoms with van der Waals surface area (Å²) >= 11 is 0. The molecule has 0 radical (unpaired) electrons. The maximum absolute atomic E-state index is 11.6. The van der Waals surface area contributed by atoms with Gasteiger partial charge in [-0.05, 0) is 52.3 Å². The van der Waals surface area contributed by atoms with Crippen LogP contribution in [0.15, 0.2) is 24.3 Å². The zero-order valence-corrected chi connectivity index (χ0v) is 16.2. The quantitative estimate of drug-likeness (QED) is 0.405. The number of benzene rings is 1. The third kappa shape index (κ3) is 10.4. The summed E-state index contributed by atoms with van der Waals surface area (Å²) in [7, 11) is -0.198. The maximum atomic E-state index is 11.6. The highest BCUT2D eigenvalue weighted by Crippen LogP contribution is 2.22. The predicted octanol–water partition coefficient (Wildman–Crippen LogP) is 4.50. The molecule has 0 aliphatic carbocycles. The van der Waals surface area contributed by atoms with Crippen LogP contribution in [0.4, 0.5) is 0 Å². The Labute approximate surface area is 145 Å². The highest BCUT2D eigenvalue weighted by atomic mass is 31.1. The molecule has 1 rings (SSSR count). The van der Waals surface area contributed by atoms with Crippen molar-refractivity contribution in [2.45, 2.75) is 41.2 Å². The number of methoxy groups -OCH3 is 1. The van der Waals surface area contributed by atoms with Gasteiger partial charge in [0.2, 0.25) is 0 Å². The first-order valence-electron chi connectivity index (χ1n) is 7.77. The molecule has 0 atom stereocenters. The Morgan fingerprint density at radius 3 is 2.17 bits per heavy atom. The predicted molar refractivity (Wildman–Crippen MR) is 93.1 cm³/mol. The Morgan fingerprint density at radius 1 is 1.12 bits per heavy atom. The van der Waals surface area contributed by atoms with Crippen LogP contribution in [0.3, 0.4) is 0 Å². The van der Waals surface area contributed by atoms with Crippen molar-refractivity contribution in [3.63, 3.8) is 0 Å². The third-order valence-electron chi connectivity index (χ3n) is 2.50. The first kappa shape index (κ1) is 22.7. The minimum absolute atomic E-state index is 0.234. The largest absolute Gasteiger partial charge is 0.697 e. The van der Waals surface area contributed by atoms with E-state index < -0.39 is 13.7 Å². The van der Waals surface area contributed by atoms with E-state index in [0.29, 0.717) is 25.6 Å². The first-order valence-corrected chi connectivity index (χ1v) is 8.87. The molecule has 0 N–H and O–H groups in total. The average Bonchev–Trinajstić information content (AvgIpc) is 2.48. The molecule has 7 heteroatoms. The minimum atomic E-state index is -1.83. The first-order chi connectivity index (χ1) is 11.2. The summed E-state index contributed by atoms with van der Waals surface area (Å²) in [6.07, 6.45) is 0. The van der Waals surface area contributed by atoms with Crippen LogP contribution >= 0.6 is 8.25 Å². The van der Waals surface area contributed by atoms with Gasteiger partial charge >= 0.3 is 14.2 Å². The van der Waals surface area contributed by atoms with Crippen LogP contribution in [-0.2, 0) is 29.8 Å². The van der Waals surface area contributed by atoms with E-state index in [1.165, 1.54) is 0 Å². The fraction of sp³-hybridized carbons (Fsp3) is 0.588. The highest BCUT2D eigenvalue weighted by Gasteiger charge is 2.23. The van der Waals surface area contributed by atoms with Gasteiger partial charge in [0, 0.05) is 11.7 Å². The molecule has 0 aliphatic rings. The Balaban J connectivity index is 0.000000561. The Morgan fingerprint density at radius 2 is 1.71 bits per heavy atom. The molecule has 0 fully saturated rings. The molecule has 0 bridgehead atoms. The van der Waals surface area contributed by atoms with Gasteiger partial charge in [-0.25, -0.2) is 0 Å². The molecule has 6 nitrogen and oxygen atoms in total. The molecule has 0 heterocycles. The van der Waals surface area contributed by atoms with Gasteiger partial charge in [-0.3, -0.25) is 4.79 Å². The SMILES string of the molecule is CCO[P+](=O)OCC.COCc1cccc(OC(=O)C(C)(C)C)c1. The standard InChI is InChI=1S/C13H18O3.C4H10O3P/c1-13(2,3)12(14)16-11-7-5-6-10(8-11)9-15-4;1-3-6-8(5)7-4-2/h5-8H,9H2,1-4H3;3-4H2,1-2H3/q;+1. The van der Waals surface area contributed by atoms with Gasteiger partial charge in [0.15, 0.2) is 0 Å². The Bertz CT molecular complexity index is 502. The lowest BCUT2D eigenvalue weighted by Gasteiger charge is -2.16. The summed E-state index contributed by atoms with van der Waals surface area (Å²) in [6.45, 7) is 10.4. The fourth-order valence-electron chi connectivity index (χ4n) is 1.37. The molecule has 0 saturated carbocycles. The molecule has 0 amide bonds. The monoisotopic (exact) mass is 359 g/mol. The minimum Gasteiger partial charge on any atom is -0.426 e. The van der Waals surface area contributed by atoms with Gasteiger partial charge in [0.1, 0.15) is 19.0 Å². The van der Waals surface area contributed by atoms with Crippen LogP contribution in [0.25, 0.3) is 0 Å². The van der Waals surface area contributed by atoms with Gasteiger partial charge < -0.3 is 9.47 Å². The van der Waals surface area contributed by atoms with Crippen LogP contribution in [0.1, 0.15) is 40.2 Å². The number of carbonyl (C=O) groups excluding carboxylic acids is 1. The number of rotatable bonds is 7. The zero-order valence-electron chi connectivity index (χ0n) is 15.3. The number of carbonyl (C=O) groups is 1. The van der Waals surface area contributed by atoms with Gasteiger partial charge in [-0.15, -0.1) is 9.05 Å². The molecular weight excluding hydrogens is 331 g/mol. The fourth-order valence-corrected chi connectivity index (χ4v) is 1.87.